The van der Waals surface area contributed by atoms with E-state index in [0.29, 0.717) is 10.0 Å². The number of hydrogen-bond acceptors (Lipinski definition) is 1. The largest absolute Gasteiger partial charge is 0.396 e. The Morgan fingerprint density at radius 3 is 2.60 bits per heavy atom. The molecule has 84 valence electrons. The summed E-state index contributed by atoms with van der Waals surface area (Å²) in [5.41, 5.74) is 0.386. The van der Waals surface area contributed by atoms with Crippen LogP contribution in [0, 0.1) is 0 Å². The van der Waals surface area contributed by atoms with Crippen LogP contribution in [-0.4, -0.2) is 11.2 Å². The van der Waals surface area contributed by atoms with E-state index in [1.807, 2.05) is 0 Å². The Labute approximate surface area is 98.8 Å². The summed E-state index contributed by atoms with van der Waals surface area (Å²) in [6.45, 7) is 1.08. The summed E-state index contributed by atoms with van der Waals surface area (Å²) in [7, 11) is 0. The van der Waals surface area contributed by atoms with Gasteiger partial charge in [-0.3, -0.25) is 4.98 Å². The third-order valence-corrected chi connectivity index (χ3v) is 2.73. The van der Waals surface area contributed by atoms with Gasteiger partial charge in [0.2, 0.25) is 0 Å². The maximum Gasteiger partial charge on any atom is 0.396 e. The van der Waals surface area contributed by atoms with Crippen molar-refractivity contribution in [1.29, 1.82) is 0 Å². The fraction of sp³-hybridized carbons (Fsp3) is 0.444. The van der Waals surface area contributed by atoms with Gasteiger partial charge in [0, 0.05) is 16.5 Å². The molecule has 0 unspecified atom stereocenters. The smallest absolute Gasteiger partial charge is 0.259 e. The van der Waals surface area contributed by atoms with Crippen LogP contribution in [0.1, 0.15) is 24.1 Å². The van der Waals surface area contributed by atoms with Crippen molar-refractivity contribution in [3.8, 4) is 0 Å². The van der Waals surface area contributed by atoms with Gasteiger partial charge in [-0.2, -0.15) is 13.2 Å². The molecule has 0 aliphatic rings. The Morgan fingerprint density at radius 2 is 2.13 bits per heavy atom. The summed E-state index contributed by atoms with van der Waals surface area (Å²) >= 11 is 8.70. The molecule has 0 aromatic carbocycles. The minimum atomic E-state index is -4.29. The first-order chi connectivity index (χ1) is 6.86. The number of alkyl halides is 4. The standard InChI is InChI=1S/C9H8BrClF3N/c1-5(9(12,13)14)8-6(3-11)2-7(10)4-15-8/h2,4-5H,3H2,1H3/t5-/m1/s1. The Kier molecular flexibility index (Phi) is 4.00. The van der Waals surface area contributed by atoms with Crippen LogP contribution in [0.2, 0.25) is 0 Å². The highest BCUT2D eigenvalue weighted by Crippen LogP contribution is 2.35. The van der Waals surface area contributed by atoms with E-state index in [1.165, 1.54) is 6.20 Å². The molecule has 0 saturated heterocycles. The van der Waals surface area contributed by atoms with Crippen LogP contribution < -0.4 is 0 Å². The first-order valence-corrected chi connectivity index (χ1v) is 5.46. The zero-order valence-corrected chi connectivity index (χ0v) is 10.1. The molecule has 1 nitrogen and oxygen atoms in total. The van der Waals surface area contributed by atoms with Crippen LogP contribution in [0.15, 0.2) is 16.7 Å². The van der Waals surface area contributed by atoms with E-state index in [1.54, 1.807) is 6.07 Å². The maximum absolute atomic E-state index is 12.5. The summed E-state index contributed by atoms with van der Waals surface area (Å²) in [6.07, 6.45) is -2.95. The Bertz CT molecular complexity index is 354. The number of nitrogens with zero attached hydrogens (tertiary/aromatic N) is 1. The van der Waals surface area contributed by atoms with Crippen molar-refractivity contribution in [2.24, 2.45) is 0 Å². The predicted octanol–water partition coefficient (Wildman–Crippen LogP) is 4.25. The lowest BCUT2D eigenvalue weighted by Crippen LogP contribution is -2.20. The normalized spacial score (nSPS) is 14.0. The van der Waals surface area contributed by atoms with E-state index < -0.39 is 12.1 Å². The molecule has 0 spiro atoms. The monoisotopic (exact) mass is 301 g/mol. The summed E-state index contributed by atoms with van der Waals surface area (Å²) < 4.78 is 38.0. The van der Waals surface area contributed by atoms with Gasteiger partial charge in [-0.25, -0.2) is 0 Å². The number of rotatable bonds is 2. The van der Waals surface area contributed by atoms with E-state index in [2.05, 4.69) is 20.9 Å². The number of halogens is 5. The van der Waals surface area contributed by atoms with Gasteiger partial charge < -0.3 is 0 Å². The van der Waals surface area contributed by atoms with Gasteiger partial charge in [0.25, 0.3) is 0 Å². The average molecular weight is 303 g/mol. The molecule has 1 heterocycles. The van der Waals surface area contributed by atoms with Gasteiger partial charge in [0.05, 0.1) is 11.6 Å². The average Bonchev–Trinajstić information content (AvgIpc) is 2.15. The van der Waals surface area contributed by atoms with Crippen LogP contribution in [0.3, 0.4) is 0 Å². The van der Waals surface area contributed by atoms with Crippen molar-refractivity contribution >= 4 is 27.5 Å². The highest BCUT2D eigenvalue weighted by atomic mass is 79.9. The topological polar surface area (TPSA) is 12.9 Å². The molecule has 6 heteroatoms. The molecule has 0 radical (unpaired) electrons. The number of aromatic nitrogens is 1. The van der Waals surface area contributed by atoms with E-state index in [9.17, 15) is 13.2 Å². The van der Waals surface area contributed by atoms with Gasteiger partial charge in [-0.1, -0.05) is 0 Å². The number of hydrogen-bond donors (Lipinski definition) is 0. The Morgan fingerprint density at radius 1 is 1.53 bits per heavy atom. The summed E-state index contributed by atoms with van der Waals surface area (Å²) in [5.74, 6) is -1.58. The molecule has 1 atom stereocenters. The molecule has 1 aromatic heterocycles. The van der Waals surface area contributed by atoms with Gasteiger partial charge in [0.15, 0.2) is 0 Å². The van der Waals surface area contributed by atoms with Crippen LogP contribution >= 0.6 is 27.5 Å². The quantitative estimate of drug-likeness (QED) is 0.744. The van der Waals surface area contributed by atoms with Crippen molar-refractivity contribution in [2.45, 2.75) is 24.9 Å². The second-order valence-electron chi connectivity index (χ2n) is 3.09. The van der Waals surface area contributed by atoms with Crippen molar-refractivity contribution < 1.29 is 13.2 Å². The lowest BCUT2D eigenvalue weighted by molar-refractivity contribution is -0.147. The zero-order valence-electron chi connectivity index (χ0n) is 7.78. The number of pyridine rings is 1. The molecule has 0 aliphatic heterocycles. The van der Waals surface area contributed by atoms with Gasteiger partial charge in [-0.15, -0.1) is 11.6 Å². The minimum absolute atomic E-state index is 0.0132. The summed E-state index contributed by atoms with van der Waals surface area (Å²) in [5, 5.41) is 0. The van der Waals surface area contributed by atoms with Crippen LogP contribution in [0.5, 0.6) is 0 Å². The summed E-state index contributed by atoms with van der Waals surface area (Å²) in [4.78, 5) is 3.76. The lowest BCUT2D eigenvalue weighted by Gasteiger charge is -2.17. The molecule has 1 rings (SSSR count). The fourth-order valence-corrected chi connectivity index (χ4v) is 1.74. The molecule has 0 N–H and O–H groups in total. The van der Waals surface area contributed by atoms with Crippen LogP contribution in [0.25, 0.3) is 0 Å². The second kappa shape index (κ2) is 4.70. The minimum Gasteiger partial charge on any atom is -0.259 e. The van der Waals surface area contributed by atoms with E-state index in [0.717, 1.165) is 6.92 Å². The van der Waals surface area contributed by atoms with Crippen molar-refractivity contribution in [3.63, 3.8) is 0 Å². The van der Waals surface area contributed by atoms with E-state index in [-0.39, 0.29) is 11.6 Å². The third kappa shape index (κ3) is 3.08. The second-order valence-corrected chi connectivity index (χ2v) is 4.28. The first kappa shape index (κ1) is 12.8. The van der Waals surface area contributed by atoms with Crippen LogP contribution in [0.4, 0.5) is 13.2 Å². The van der Waals surface area contributed by atoms with Crippen molar-refractivity contribution in [1.82, 2.24) is 4.98 Å². The molecule has 0 fully saturated rings. The molecule has 15 heavy (non-hydrogen) atoms. The molecular weight excluding hydrogens is 294 g/mol. The van der Waals surface area contributed by atoms with Gasteiger partial charge in [0.1, 0.15) is 0 Å². The highest BCUT2D eigenvalue weighted by molar-refractivity contribution is 9.10. The summed E-state index contributed by atoms with van der Waals surface area (Å²) in [6, 6.07) is 1.55. The van der Waals surface area contributed by atoms with Gasteiger partial charge >= 0.3 is 6.18 Å². The van der Waals surface area contributed by atoms with Crippen molar-refractivity contribution in [3.05, 3.63) is 28.0 Å². The van der Waals surface area contributed by atoms with E-state index in [4.69, 9.17) is 11.6 Å². The predicted molar refractivity (Wildman–Crippen MR) is 56.0 cm³/mol. The zero-order chi connectivity index (χ0) is 11.6. The van der Waals surface area contributed by atoms with Crippen LogP contribution in [-0.2, 0) is 5.88 Å². The first-order valence-electron chi connectivity index (χ1n) is 4.13. The molecule has 0 bridgehead atoms. The molecule has 0 amide bonds. The fourth-order valence-electron chi connectivity index (χ4n) is 1.14. The maximum atomic E-state index is 12.5. The third-order valence-electron chi connectivity index (χ3n) is 2.01. The Hall–Kier alpha value is -0.290. The lowest BCUT2D eigenvalue weighted by atomic mass is 10.0. The van der Waals surface area contributed by atoms with Crippen molar-refractivity contribution in [2.75, 3.05) is 0 Å². The highest BCUT2D eigenvalue weighted by Gasteiger charge is 2.39. The molecular formula is C9H8BrClF3N. The molecule has 0 aliphatic carbocycles. The van der Waals surface area contributed by atoms with E-state index >= 15 is 0 Å². The SMILES string of the molecule is C[C@H](c1ncc(Br)cc1CCl)C(F)(F)F. The molecule has 1 aromatic rings. The molecule has 0 saturated carbocycles. The Balaban J connectivity index is 3.14. The van der Waals surface area contributed by atoms with Gasteiger partial charge in [-0.05, 0) is 34.5 Å².